The molecular formula is C16H22N2O2. The van der Waals surface area contributed by atoms with E-state index in [0.717, 1.165) is 16.8 Å². The molecule has 1 rings (SSSR count). The third kappa shape index (κ3) is 5.87. The molecule has 20 heavy (non-hydrogen) atoms. The number of anilines is 1. The van der Waals surface area contributed by atoms with Crippen LogP contribution in [0.5, 0.6) is 0 Å². The molecule has 1 atom stereocenters. The Morgan fingerprint density at radius 1 is 1.45 bits per heavy atom. The zero-order valence-electron chi connectivity index (χ0n) is 12.3. The van der Waals surface area contributed by atoms with Crippen molar-refractivity contribution in [1.29, 1.82) is 0 Å². The first-order valence-electron chi connectivity index (χ1n) is 6.64. The predicted molar refractivity (Wildman–Crippen MR) is 81.4 cm³/mol. The van der Waals surface area contributed by atoms with Crippen LogP contribution in [0.2, 0.25) is 0 Å². The lowest BCUT2D eigenvalue weighted by atomic mass is 10.1. The lowest BCUT2D eigenvalue weighted by Gasteiger charge is -2.11. The van der Waals surface area contributed by atoms with Crippen LogP contribution in [0.3, 0.4) is 0 Å². The Bertz CT molecular complexity index is 515. The van der Waals surface area contributed by atoms with Crippen LogP contribution in [0.15, 0.2) is 18.2 Å². The topological polar surface area (TPSA) is 64.3 Å². The largest absolute Gasteiger partial charge is 0.384 e. The monoisotopic (exact) mass is 274 g/mol. The number of amides is 1. The molecule has 0 saturated heterocycles. The predicted octanol–water partition coefficient (Wildman–Crippen LogP) is 1.92. The number of carbonyl (C=O) groups excluding carboxylic acids is 1. The molecule has 0 radical (unpaired) electrons. The molecular weight excluding hydrogens is 252 g/mol. The first-order valence-corrected chi connectivity index (χ1v) is 6.64. The molecule has 1 aromatic rings. The molecule has 3 N–H and O–H groups in total. The number of nitrogens with two attached hydrogens (primary N) is 1. The molecule has 0 heterocycles. The van der Waals surface area contributed by atoms with Gasteiger partial charge in [-0.3, -0.25) is 4.79 Å². The van der Waals surface area contributed by atoms with E-state index in [1.807, 2.05) is 32.0 Å². The fourth-order valence-electron chi connectivity index (χ4n) is 1.95. The Morgan fingerprint density at radius 2 is 2.20 bits per heavy atom. The minimum atomic E-state index is -0.0158. The quantitative estimate of drug-likeness (QED) is 0.806. The van der Waals surface area contributed by atoms with Gasteiger partial charge in [0.2, 0.25) is 5.91 Å². The van der Waals surface area contributed by atoms with Gasteiger partial charge in [-0.15, -0.1) is 0 Å². The molecule has 0 aliphatic heterocycles. The molecule has 0 fully saturated rings. The number of hydrogen-bond donors (Lipinski definition) is 2. The maximum atomic E-state index is 11.9. The zero-order valence-corrected chi connectivity index (χ0v) is 12.3. The lowest BCUT2D eigenvalue weighted by Crippen LogP contribution is -2.17. The average Bonchev–Trinajstić information content (AvgIpc) is 2.35. The fourth-order valence-corrected chi connectivity index (χ4v) is 1.95. The summed E-state index contributed by atoms with van der Waals surface area (Å²) in [5, 5.41) is 2.90. The van der Waals surface area contributed by atoms with Crippen molar-refractivity contribution in [3.05, 3.63) is 29.3 Å². The number of benzene rings is 1. The molecule has 0 spiro atoms. The number of carbonyl (C=O) groups is 1. The van der Waals surface area contributed by atoms with Crippen LogP contribution in [-0.2, 0) is 9.53 Å². The molecule has 1 unspecified atom stereocenters. The molecule has 4 nitrogen and oxygen atoms in total. The second kappa shape index (κ2) is 8.36. The first-order chi connectivity index (χ1) is 9.55. The third-order valence-electron chi connectivity index (χ3n) is 2.68. The number of aryl methyl sites for hydroxylation is 1. The number of nitrogens with one attached hydrogen (secondary N) is 1. The molecule has 0 aliphatic carbocycles. The number of hydrogen-bond acceptors (Lipinski definition) is 3. The Labute approximate surface area is 120 Å². The van der Waals surface area contributed by atoms with E-state index < -0.39 is 0 Å². The van der Waals surface area contributed by atoms with Crippen molar-refractivity contribution >= 4 is 11.6 Å². The molecule has 108 valence electrons. The van der Waals surface area contributed by atoms with Gasteiger partial charge in [0.15, 0.2) is 0 Å². The van der Waals surface area contributed by atoms with Crippen LogP contribution < -0.4 is 11.1 Å². The van der Waals surface area contributed by atoms with Crippen molar-refractivity contribution in [2.24, 2.45) is 11.7 Å². The fraction of sp³-hybridized carbons (Fsp3) is 0.438. The van der Waals surface area contributed by atoms with Crippen molar-refractivity contribution in [2.75, 3.05) is 25.6 Å². The average molecular weight is 274 g/mol. The first kappa shape index (κ1) is 16.2. The summed E-state index contributed by atoms with van der Waals surface area (Å²) in [6.07, 6.45) is 0.436. The summed E-state index contributed by atoms with van der Waals surface area (Å²) in [6.45, 7) is 4.85. The summed E-state index contributed by atoms with van der Waals surface area (Å²) in [5.74, 6) is 5.96. The Balaban J connectivity index is 2.72. The van der Waals surface area contributed by atoms with Crippen molar-refractivity contribution < 1.29 is 9.53 Å². The third-order valence-corrected chi connectivity index (χ3v) is 2.68. The van der Waals surface area contributed by atoms with Gasteiger partial charge in [-0.2, -0.15) is 0 Å². The highest BCUT2D eigenvalue weighted by atomic mass is 16.5. The van der Waals surface area contributed by atoms with Crippen molar-refractivity contribution in [3.8, 4) is 11.8 Å². The van der Waals surface area contributed by atoms with Crippen LogP contribution in [0.25, 0.3) is 0 Å². The summed E-state index contributed by atoms with van der Waals surface area (Å²) < 4.78 is 5.03. The molecule has 1 amide bonds. The van der Waals surface area contributed by atoms with E-state index in [2.05, 4.69) is 17.2 Å². The van der Waals surface area contributed by atoms with Gasteiger partial charge < -0.3 is 15.8 Å². The second-order valence-corrected chi connectivity index (χ2v) is 4.91. The highest BCUT2D eigenvalue weighted by Crippen LogP contribution is 2.15. The van der Waals surface area contributed by atoms with Crippen LogP contribution >= 0.6 is 0 Å². The normalized spacial score (nSPS) is 11.4. The van der Waals surface area contributed by atoms with Crippen molar-refractivity contribution in [2.45, 2.75) is 20.3 Å². The summed E-state index contributed by atoms with van der Waals surface area (Å²) in [5.41, 5.74) is 8.03. The number of rotatable bonds is 5. The van der Waals surface area contributed by atoms with Crippen molar-refractivity contribution in [1.82, 2.24) is 0 Å². The van der Waals surface area contributed by atoms with E-state index in [4.69, 9.17) is 10.5 Å². The van der Waals surface area contributed by atoms with Crippen LogP contribution in [0.1, 0.15) is 24.5 Å². The molecule has 0 saturated carbocycles. The molecule has 4 heteroatoms. The molecule has 0 aromatic heterocycles. The van der Waals surface area contributed by atoms with Gasteiger partial charge in [0, 0.05) is 31.4 Å². The van der Waals surface area contributed by atoms with E-state index in [1.54, 1.807) is 7.11 Å². The van der Waals surface area contributed by atoms with E-state index in [1.165, 1.54) is 0 Å². The summed E-state index contributed by atoms with van der Waals surface area (Å²) in [4.78, 5) is 11.9. The summed E-state index contributed by atoms with van der Waals surface area (Å²) >= 11 is 0. The van der Waals surface area contributed by atoms with Gasteiger partial charge >= 0.3 is 0 Å². The minimum Gasteiger partial charge on any atom is -0.384 e. The van der Waals surface area contributed by atoms with Gasteiger partial charge in [0.05, 0.1) is 6.54 Å². The standard InChI is InChI=1S/C16H22N2O2/c1-12-7-14(5-4-6-17)10-15(8-12)18-16(19)9-13(2)11-20-3/h7-8,10,13H,6,9,11,17H2,1-3H3,(H,18,19). The maximum absolute atomic E-state index is 11.9. The van der Waals surface area contributed by atoms with E-state index in [9.17, 15) is 4.79 Å². The molecule has 1 aromatic carbocycles. The SMILES string of the molecule is COCC(C)CC(=O)Nc1cc(C)cc(C#CCN)c1. The van der Waals surface area contributed by atoms with Crippen LogP contribution in [0, 0.1) is 24.7 Å². The highest BCUT2D eigenvalue weighted by Gasteiger charge is 2.09. The Hall–Kier alpha value is -1.83. The van der Waals surface area contributed by atoms with Gasteiger partial charge in [-0.1, -0.05) is 18.8 Å². The van der Waals surface area contributed by atoms with Crippen LogP contribution in [0.4, 0.5) is 5.69 Å². The molecule has 0 bridgehead atoms. The minimum absolute atomic E-state index is 0.0158. The van der Waals surface area contributed by atoms with Gasteiger partial charge in [0.25, 0.3) is 0 Å². The second-order valence-electron chi connectivity index (χ2n) is 4.91. The smallest absolute Gasteiger partial charge is 0.224 e. The van der Waals surface area contributed by atoms with E-state index in [-0.39, 0.29) is 11.8 Å². The Kier molecular flexibility index (Phi) is 6.78. The van der Waals surface area contributed by atoms with E-state index >= 15 is 0 Å². The summed E-state index contributed by atoms with van der Waals surface area (Å²) in [6, 6.07) is 5.74. The number of ether oxygens (including phenoxy) is 1. The Morgan fingerprint density at radius 3 is 2.85 bits per heavy atom. The van der Waals surface area contributed by atoms with Gasteiger partial charge in [-0.05, 0) is 36.6 Å². The van der Waals surface area contributed by atoms with Crippen molar-refractivity contribution in [3.63, 3.8) is 0 Å². The number of methoxy groups -OCH3 is 1. The zero-order chi connectivity index (χ0) is 15.0. The van der Waals surface area contributed by atoms with E-state index in [0.29, 0.717) is 19.6 Å². The van der Waals surface area contributed by atoms with Crippen LogP contribution in [-0.4, -0.2) is 26.2 Å². The highest BCUT2D eigenvalue weighted by molar-refractivity contribution is 5.91. The maximum Gasteiger partial charge on any atom is 0.224 e. The van der Waals surface area contributed by atoms with Gasteiger partial charge in [-0.25, -0.2) is 0 Å². The molecule has 0 aliphatic rings. The lowest BCUT2D eigenvalue weighted by molar-refractivity contribution is -0.117. The van der Waals surface area contributed by atoms with Gasteiger partial charge in [0.1, 0.15) is 0 Å². The summed E-state index contributed by atoms with van der Waals surface area (Å²) in [7, 11) is 1.64.